The quantitative estimate of drug-likeness (QED) is 0.0346. The van der Waals surface area contributed by atoms with E-state index in [2.05, 4.69) is 43.5 Å². The molecule has 2 aliphatic rings. The molecule has 2 saturated heterocycles. The molecule has 0 aliphatic carbocycles. The Morgan fingerprint density at radius 2 is 1.10 bits per heavy atom. The molecule has 12 unspecified atom stereocenters. The molecule has 9 N–H and O–H groups in total. The van der Waals surface area contributed by atoms with Crippen LogP contribution in [0.25, 0.3) is 0 Å². The molecule has 1 amide bonds. The van der Waals surface area contributed by atoms with Gasteiger partial charge in [0.05, 0.1) is 32.0 Å². The predicted octanol–water partition coefficient (Wildman–Crippen LogP) is 3.98. The highest BCUT2D eigenvalue weighted by atomic mass is 16.7. The fourth-order valence-corrected chi connectivity index (χ4v) is 7.06. The minimum absolute atomic E-state index is 0.263. The van der Waals surface area contributed by atoms with Gasteiger partial charge in [-0.25, -0.2) is 0 Å². The zero-order valence-corrected chi connectivity index (χ0v) is 35.3. The number of hydrogen-bond acceptors (Lipinski definition) is 13. The summed E-state index contributed by atoms with van der Waals surface area (Å²) in [5, 5.41) is 86.2. The van der Waals surface area contributed by atoms with Crippen LogP contribution in [0.4, 0.5) is 0 Å². The lowest BCUT2D eigenvalue weighted by atomic mass is 9.97. The van der Waals surface area contributed by atoms with Gasteiger partial charge >= 0.3 is 0 Å². The van der Waals surface area contributed by atoms with Crippen molar-refractivity contribution in [2.24, 2.45) is 0 Å². The van der Waals surface area contributed by atoms with Crippen LogP contribution in [0.5, 0.6) is 0 Å². The molecule has 58 heavy (non-hydrogen) atoms. The molecule has 0 aromatic heterocycles. The van der Waals surface area contributed by atoms with E-state index in [1.54, 1.807) is 6.08 Å². The number of aliphatic hydroxyl groups excluding tert-OH is 8. The van der Waals surface area contributed by atoms with Crippen molar-refractivity contribution in [1.82, 2.24) is 5.32 Å². The highest BCUT2D eigenvalue weighted by Crippen LogP contribution is 2.30. The van der Waals surface area contributed by atoms with Gasteiger partial charge in [0.15, 0.2) is 12.6 Å². The van der Waals surface area contributed by atoms with Gasteiger partial charge in [0.25, 0.3) is 0 Å². The molecule has 2 heterocycles. The number of aliphatic hydroxyl groups is 8. The van der Waals surface area contributed by atoms with E-state index in [0.717, 1.165) is 57.8 Å². The zero-order valence-electron chi connectivity index (χ0n) is 35.3. The van der Waals surface area contributed by atoms with Crippen LogP contribution in [0.3, 0.4) is 0 Å². The summed E-state index contributed by atoms with van der Waals surface area (Å²) < 4.78 is 22.5. The molecule has 0 bridgehead atoms. The number of allylic oxidation sites excluding steroid dienone is 5. The summed E-state index contributed by atoms with van der Waals surface area (Å²) >= 11 is 0. The first-order valence-corrected chi connectivity index (χ1v) is 22.2. The lowest BCUT2D eigenvalue weighted by Crippen LogP contribution is -2.65. The van der Waals surface area contributed by atoms with Crippen molar-refractivity contribution in [3.8, 4) is 0 Å². The van der Waals surface area contributed by atoms with Crippen LogP contribution in [0.2, 0.25) is 0 Å². The summed E-state index contributed by atoms with van der Waals surface area (Å²) in [6.07, 6.45) is 16.4. The molecule has 12 atom stereocenters. The number of amides is 1. The molecule has 0 spiro atoms. The van der Waals surface area contributed by atoms with Gasteiger partial charge in [-0.2, -0.15) is 0 Å². The molecule has 2 aliphatic heterocycles. The van der Waals surface area contributed by atoms with Gasteiger partial charge < -0.3 is 65.1 Å². The van der Waals surface area contributed by atoms with Crippen LogP contribution in [0.15, 0.2) is 36.5 Å². The van der Waals surface area contributed by atoms with Crippen LogP contribution in [-0.4, -0.2) is 140 Å². The summed E-state index contributed by atoms with van der Waals surface area (Å²) in [5.74, 6) is -0.264. The predicted molar refractivity (Wildman–Crippen MR) is 221 cm³/mol. The minimum Gasteiger partial charge on any atom is -0.394 e. The molecule has 0 radical (unpaired) electrons. The highest BCUT2D eigenvalue weighted by Gasteiger charge is 2.50. The van der Waals surface area contributed by atoms with Crippen LogP contribution < -0.4 is 5.32 Å². The number of hydrogen-bond donors (Lipinski definition) is 9. The van der Waals surface area contributed by atoms with E-state index in [1.165, 1.54) is 51.4 Å². The monoisotopic (exact) mass is 830 g/mol. The Bertz CT molecular complexity index is 1120. The maximum atomic E-state index is 13.1. The Balaban J connectivity index is 1.90. The molecule has 0 aromatic carbocycles. The maximum Gasteiger partial charge on any atom is 0.220 e. The summed E-state index contributed by atoms with van der Waals surface area (Å²) in [6, 6.07) is -0.930. The molecule has 14 nitrogen and oxygen atoms in total. The molecule has 338 valence electrons. The first kappa shape index (κ1) is 52.3. The smallest absolute Gasteiger partial charge is 0.220 e. The summed E-state index contributed by atoms with van der Waals surface area (Å²) in [4.78, 5) is 13.1. The molecule has 2 rings (SSSR count). The van der Waals surface area contributed by atoms with Gasteiger partial charge in [-0.1, -0.05) is 115 Å². The molecule has 0 aromatic rings. The Morgan fingerprint density at radius 1 is 0.603 bits per heavy atom. The average Bonchev–Trinajstić information content (AvgIpc) is 3.22. The third-order valence-corrected chi connectivity index (χ3v) is 10.8. The van der Waals surface area contributed by atoms with Crippen molar-refractivity contribution < 1.29 is 64.6 Å². The van der Waals surface area contributed by atoms with E-state index >= 15 is 0 Å². The second-order valence-electron chi connectivity index (χ2n) is 15.8. The molecular weight excluding hydrogens is 750 g/mol. The molecular formula is C44H79NO13. The third kappa shape index (κ3) is 20.2. The SMILES string of the molecule is CCCCC/C=C/CC/C=C/C(O)C(COC1OC(CO)C(OC2OC(CO)C(O)C(O)C2O)C(O)C1O)NC(=O)CCCCCCC/C=C\CCCCCCCC. The van der Waals surface area contributed by atoms with E-state index in [0.29, 0.717) is 12.8 Å². The molecule has 0 saturated carbocycles. The van der Waals surface area contributed by atoms with E-state index in [-0.39, 0.29) is 18.9 Å². The fourth-order valence-electron chi connectivity index (χ4n) is 7.06. The zero-order chi connectivity index (χ0) is 42.5. The Kier molecular flexibility index (Phi) is 28.9. The van der Waals surface area contributed by atoms with Gasteiger partial charge in [-0.3, -0.25) is 4.79 Å². The molecule has 2 fully saturated rings. The van der Waals surface area contributed by atoms with E-state index in [9.17, 15) is 45.6 Å². The second-order valence-corrected chi connectivity index (χ2v) is 15.8. The van der Waals surface area contributed by atoms with Crippen LogP contribution in [-0.2, 0) is 23.7 Å². The van der Waals surface area contributed by atoms with Crippen molar-refractivity contribution in [2.45, 2.75) is 216 Å². The standard InChI is InChI=1S/C44H79NO13/c1-3-5-7-9-11-13-14-15-16-17-18-20-22-24-26-28-36(49)45-32(33(48)27-25-23-21-19-12-10-8-6-4-2)31-55-43-41(54)39(52)42(35(30-47)57-43)58-44-40(53)38(51)37(50)34(29-46)56-44/h12,15-16,19,25,27,32-35,37-44,46-48,50-54H,3-11,13-14,17-18,20-24,26,28-31H2,1-2H3,(H,45,49)/b16-15-,19-12+,27-25+. The topological polar surface area (TPSA) is 228 Å². The van der Waals surface area contributed by atoms with Crippen molar-refractivity contribution >= 4 is 5.91 Å². The third-order valence-electron chi connectivity index (χ3n) is 10.8. The van der Waals surface area contributed by atoms with Crippen LogP contribution >= 0.6 is 0 Å². The van der Waals surface area contributed by atoms with E-state index in [1.807, 2.05) is 6.08 Å². The summed E-state index contributed by atoms with van der Waals surface area (Å²) in [5.41, 5.74) is 0. The van der Waals surface area contributed by atoms with Gasteiger partial charge in [-0.05, 0) is 57.8 Å². The highest BCUT2D eigenvalue weighted by molar-refractivity contribution is 5.76. The number of carbonyl (C=O) groups is 1. The first-order chi connectivity index (χ1) is 28.1. The Morgan fingerprint density at radius 3 is 1.72 bits per heavy atom. The summed E-state index contributed by atoms with van der Waals surface area (Å²) in [6.45, 7) is 2.66. The summed E-state index contributed by atoms with van der Waals surface area (Å²) in [7, 11) is 0. The van der Waals surface area contributed by atoms with Gasteiger partial charge in [-0.15, -0.1) is 0 Å². The van der Waals surface area contributed by atoms with Gasteiger partial charge in [0, 0.05) is 6.42 Å². The number of carbonyl (C=O) groups excluding carboxylic acids is 1. The normalized spacial score (nSPS) is 29.1. The van der Waals surface area contributed by atoms with Crippen LogP contribution in [0.1, 0.15) is 142 Å². The number of unbranched alkanes of at least 4 members (excludes halogenated alkanes) is 15. The number of ether oxygens (including phenoxy) is 4. The first-order valence-electron chi connectivity index (χ1n) is 22.2. The molecule has 14 heteroatoms. The van der Waals surface area contributed by atoms with Crippen molar-refractivity contribution in [1.29, 1.82) is 0 Å². The minimum atomic E-state index is -1.79. The van der Waals surface area contributed by atoms with Gasteiger partial charge in [0.1, 0.15) is 48.8 Å². The van der Waals surface area contributed by atoms with Crippen molar-refractivity contribution in [3.05, 3.63) is 36.5 Å². The number of rotatable bonds is 32. The largest absolute Gasteiger partial charge is 0.394 e. The lowest BCUT2D eigenvalue weighted by Gasteiger charge is -2.46. The second kappa shape index (κ2) is 32.0. The fraction of sp³-hybridized carbons (Fsp3) is 0.841. The lowest BCUT2D eigenvalue weighted by molar-refractivity contribution is -0.359. The maximum absolute atomic E-state index is 13.1. The van der Waals surface area contributed by atoms with E-state index < -0.39 is 86.8 Å². The number of nitrogens with one attached hydrogen (secondary N) is 1. The average molecular weight is 830 g/mol. The Hall–Kier alpha value is -1.79. The van der Waals surface area contributed by atoms with Crippen molar-refractivity contribution in [2.75, 3.05) is 19.8 Å². The van der Waals surface area contributed by atoms with Crippen molar-refractivity contribution in [3.63, 3.8) is 0 Å². The van der Waals surface area contributed by atoms with Crippen LogP contribution in [0, 0.1) is 0 Å². The Labute approximate surface area is 347 Å². The van der Waals surface area contributed by atoms with E-state index in [4.69, 9.17) is 18.9 Å². The van der Waals surface area contributed by atoms with Gasteiger partial charge in [0.2, 0.25) is 5.91 Å².